The summed E-state index contributed by atoms with van der Waals surface area (Å²) in [6.45, 7) is 0. The molecule has 1 N–H and O–H groups in total. The van der Waals surface area contributed by atoms with Crippen molar-refractivity contribution in [1.29, 1.82) is 0 Å². The van der Waals surface area contributed by atoms with Gasteiger partial charge in [-0.2, -0.15) is 0 Å². The van der Waals surface area contributed by atoms with E-state index in [9.17, 15) is 14.3 Å². The Morgan fingerprint density at radius 2 is 1.73 bits per heavy atom. The Hall–Kier alpha value is -1.22. The van der Waals surface area contributed by atoms with E-state index in [1.807, 2.05) is 0 Å². The number of halogens is 1. The fraction of sp³-hybridized carbons (Fsp3) is 0.417. The molecular formula is C12H13FO2. The van der Waals surface area contributed by atoms with Crippen molar-refractivity contribution in [2.45, 2.75) is 31.3 Å². The summed E-state index contributed by atoms with van der Waals surface area (Å²) in [7, 11) is 0. The van der Waals surface area contributed by atoms with Crippen LogP contribution in [0.5, 0.6) is 0 Å². The van der Waals surface area contributed by atoms with Gasteiger partial charge >= 0.3 is 0 Å². The second kappa shape index (κ2) is 3.74. The summed E-state index contributed by atoms with van der Waals surface area (Å²) in [4.78, 5) is 11.9. The van der Waals surface area contributed by atoms with Gasteiger partial charge in [-0.1, -0.05) is 0 Å². The van der Waals surface area contributed by atoms with Gasteiger partial charge in [0.1, 0.15) is 11.4 Å². The average Bonchev–Trinajstić information content (AvgIpc) is 2.67. The van der Waals surface area contributed by atoms with Gasteiger partial charge in [-0.05, 0) is 49.9 Å². The third-order valence-corrected chi connectivity index (χ3v) is 2.96. The molecule has 1 aliphatic carbocycles. The number of benzene rings is 1. The molecule has 0 heterocycles. The molecular weight excluding hydrogens is 195 g/mol. The summed E-state index contributed by atoms with van der Waals surface area (Å²) in [6, 6.07) is 5.33. The fourth-order valence-corrected chi connectivity index (χ4v) is 2.06. The Labute approximate surface area is 87.7 Å². The van der Waals surface area contributed by atoms with Gasteiger partial charge < -0.3 is 5.11 Å². The lowest BCUT2D eigenvalue weighted by molar-refractivity contribution is 0.0353. The number of rotatable bonds is 2. The van der Waals surface area contributed by atoms with Crippen molar-refractivity contribution in [2.75, 3.05) is 0 Å². The van der Waals surface area contributed by atoms with Crippen LogP contribution in [0.2, 0.25) is 0 Å². The topological polar surface area (TPSA) is 37.3 Å². The molecule has 0 amide bonds. The van der Waals surface area contributed by atoms with Gasteiger partial charge in [0, 0.05) is 5.56 Å². The molecule has 1 aromatic carbocycles. The Kier molecular flexibility index (Phi) is 2.57. The number of aliphatic hydroxyl groups is 1. The van der Waals surface area contributed by atoms with Crippen LogP contribution in [0.4, 0.5) is 4.39 Å². The highest BCUT2D eigenvalue weighted by molar-refractivity contribution is 6.02. The number of hydrogen-bond donors (Lipinski definition) is 1. The van der Waals surface area contributed by atoms with Crippen molar-refractivity contribution >= 4 is 5.78 Å². The first kappa shape index (κ1) is 10.3. The molecule has 15 heavy (non-hydrogen) atoms. The summed E-state index contributed by atoms with van der Waals surface area (Å²) in [5.74, 6) is -0.648. The summed E-state index contributed by atoms with van der Waals surface area (Å²) in [5.41, 5.74) is -0.821. The van der Waals surface area contributed by atoms with Gasteiger partial charge in [0.05, 0.1) is 0 Å². The Bertz CT molecular complexity index is 364. The monoisotopic (exact) mass is 208 g/mol. The molecule has 2 nitrogen and oxygen atoms in total. The summed E-state index contributed by atoms with van der Waals surface area (Å²) < 4.78 is 12.6. The summed E-state index contributed by atoms with van der Waals surface area (Å²) in [5, 5.41) is 10.0. The van der Waals surface area contributed by atoms with E-state index in [0.29, 0.717) is 18.4 Å². The zero-order valence-corrected chi connectivity index (χ0v) is 8.37. The minimum Gasteiger partial charge on any atom is -0.382 e. The predicted octanol–water partition coefficient (Wildman–Crippen LogP) is 2.31. The lowest BCUT2D eigenvalue weighted by atomic mass is 9.91. The van der Waals surface area contributed by atoms with Crippen LogP contribution in [0.3, 0.4) is 0 Å². The molecule has 0 spiro atoms. The second-order valence-corrected chi connectivity index (χ2v) is 4.07. The van der Waals surface area contributed by atoms with Crippen molar-refractivity contribution in [3.8, 4) is 0 Å². The van der Waals surface area contributed by atoms with Gasteiger partial charge in [-0.25, -0.2) is 4.39 Å². The normalized spacial score (nSPS) is 19.1. The van der Waals surface area contributed by atoms with Crippen LogP contribution < -0.4 is 0 Å². The van der Waals surface area contributed by atoms with E-state index in [0.717, 1.165) is 12.8 Å². The number of ketones is 1. The van der Waals surface area contributed by atoms with E-state index in [1.54, 1.807) is 0 Å². The van der Waals surface area contributed by atoms with Gasteiger partial charge in [-0.15, -0.1) is 0 Å². The molecule has 0 saturated heterocycles. The number of Topliss-reactive ketones (excluding diaryl/α,β-unsaturated/α-hetero) is 1. The Balaban J connectivity index is 2.24. The minimum atomic E-state index is -1.21. The first-order valence-corrected chi connectivity index (χ1v) is 5.15. The maximum Gasteiger partial charge on any atom is 0.194 e. The van der Waals surface area contributed by atoms with Crippen molar-refractivity contribution in [3.05, 3.63) is 35.6 Å². The summed E-state index contributed by atoms with van der Waals surface area (Å²) in [6.07, 6.45) is 2.79. The molecule has 1 aliphatic rings. The van der Waals surface area contributed by atoms with Crippen LogP contribution in [0.1, 0.15) is 36.0 Å². The zero-order valence-electron chi connectivity index (χ0n) is 8.37. The van der Waals surface area contributed by atoms with Crippen LogP contribution in [0.15, 0.2) is 24.3 Å². The maximum atomic E-state index is 12.6. The smallest absolute Gasteiger partial charge is 0.194 e. The SMILES string of the molecule is O=C(c1ccc(F)cc1)C1(O)CCCC1. The number of hydrogen-bond acceptors (Lipinski definition) is 2. The van der Waals surface area contributed by atoms with Crippen LogP contribution in [0, 0.1) is 5.82 Å². The van der Waals surface area contributed by atoms with Crippen LogP contribution in [0.25, 0.3) is 0 Å². The molecule has 0 atom stereocenters. The average molecular weight is 208 g/mol. The molecule has 1 saturated carbocycles. The summed E-state index contributed by atoms with van der Waals surface area (Å²) >= 11 is 0. The lowest BCUT2D eigenvalue weighted by Gasteiger charge is -2.20. The highest BCUT2D eigenvalue weighted by Gasteiger charge is 2.38. The van der Waals surface area contributed by atoms with E-state index in [1.165, 1.54) is 24.3 Å². The van der Waals surface area contributed by atoms with Crippen molar-refractivity contribution in [3.63, 3.8) is 0 Å². The molecule has 0 unspecified atom stereocenters. The van der Waals surface area contributed by atoms with Crippen molar-refractivity contribution in [2.24, 2.45) is 0 Å². The van der Waals surface area contributed by atoms with Gasteiger partial charge in [0.25, 0.3) is 0 Å². The molecule has 1 fully saturated rings. The van der Waals surface area contributed by atoms with Crippen molar-refractivity contribution < 1.29 is 14.3 Å². The van der Waals surface area contributed by atoms with Gasteiger partial charge in [0.15, 0.2) is 5.78 Å². The zero-order chi connectivity index (χ0) is 10.9. The Morgan fingerprint density at radius 1 is 1.20 bits per heavy atom. The van der Waals surface area contributed by atoms with Crippen LogP contribution in [-0.2, 0) is 0 Å². The fourth-order valence-electron chi connectivity index (χ4n) is 2.06. The molecule has 0 bridgehead atoms. The van der Waals surface area contributed by atoms with E-state index < -0.39 is 5.60 Å². The molecule has 1 aromatic rings. The van der Waals surface area contributed by atoms with E-state index in [-0.39, 0.29) is 11.6 Å². The minimum absolute atomic E-state index is 0.278. The van der Waals surface area contributed by atoms with Gasteiger partial charge in [-0.3, -0.25) is 4.79 Å². The van der Waals surface area contributed by atoms with E-state index in [2.05, 4.69) is 0 Å². The predicted molar refractivity (Wildman–Crippen MR) is 54.1 cm³/mol. The number of carbonyl (C=O) groups is 1. The lowest BCUT2D eigenvalue weighted by Crippen LogP contribution is -2.35. The molecule has 80 valence electrons. The highest BCUT2D eigenvalue weighted by Crippen LogP contribution is 2.32. The first-order valence-electron chi connectivity index (χ1n) is 5.15. The number of carbonyl (C=O) groups excluding carboxylic acids is 1. The van der Waals surface area contributed by atoms with Gasteiger partial charge in [0.2, 0.25) is 0 Å². The Morgan fingerprint density at radius 3 is 2.27 bits per heavy atom. The van der Waals surface area contributed by atoms with E-state index in [4.69, 9.17) is 0 Å². The van der Waals surface area contributed by atoms with Crippen LogP contribution in [-0.4, -0.2) is 16.5 Å². The quantitative estimate of drug-likeness (QED) is 0.757. The molecule has 2 rings (SSSR count). The first-order chi connectivity index (χ1) is 7.12. The molecule has 0 aliphatic heterocycles. The largest absolute Gasteiger partial charge is 0.382 e. The molecule has 0 radical (unpaired) electrons. The van der Waals surface area contributed by atoms with E-state index >= 15 is 0 Å². The third kappa shape index (κ3) is 1.92. The molecule has 3 heteroatoms. The third-order valence-electron chi connectivity index (χ3n) is 2.96. The standard InChI is InChI=1S/C12H13FO2/c13-10-5-3-9(4-6-10)11(14)12(15)7-1-2-8-12/h3-6,15H,1-2,7-8H2. The maximum absolute atomic E-state index is 12.6. The van der Waals surface area contributed by atoms with Crippen LogP contribution >= 0.6 is 0 Å². The van der Waals surface area contributed by atoms with Crippen molar-refractivity contribution in [1.82, 2.24) is 0 Å². The highest BCUT2D eigenvalue weighted by atomic mass is 19.1. The molecule has 0 aromatic heterocycles. The second-order valence-electron chi connectivity index (χ2n) is 4.07.